The normalized spacial score (nSPS) is 16.2. The van der Waals surface area contributed by atoms with Crippen LogP contribution < -0.4 is 10.6 Å². The van der Waals surface area contributed by atoms with Crippen LogP contribution in [0.25, 0.3) is 0 Å². The van der Waals surface area contributed by atoms with Crippen molar-refractivity contribution in [3.63, 3.8) is 0 Å². The van der Waals surface area contributed by atoms with Gasteiger partial charge in [-0.2, -0.15) is 0 Å². The zero-order chi connectivity index (χ0) is 18.3. The lowest BCUT2D eigenvalue weighted by Gasteiger charge is -2.38. The van der Waals surface area contributed by atoms with E-state index in [9.17, 15) is 14.0 Å². The van der Waals surface area contributed by atoms with Crippen molar-refractivity contribution in [2.45, 2.75) is 37.6 Å². The molecule has 0 bridgehead atoms. The van der Waals surface area contributed by atoms with Gasteiger partial charge in [0, 0.05) is 31.2 Å². The number of carbonyl (C=O) groups excluding carboxylic acids is 1. The largest absolute Gasteiger partial charge is 0.481 e. The van der Waals surface area contributed by atoms with Crippen LogP contribution in [0.15, 0.2) is 18.2 Å². The summed E-state index contributed by atoms with van der Waals surface area (Å²) in [6.45, 7) is 1.30. The maximum absolute atomic E-state index is 13.2. The summed E-state index contributed by atoms with van der Waals surface area (Å²) < 4.78 is 18.6. The van der Waals surface area contributed by atoms with Crippen molar-refractivity contribution >= 4 is 23.6 Å². The topological polar surface area (TPSA) is 87.7 Å². The predicted molar refractivity (Wildman–Crippen MR) is 91.3 cm³/mol. The van der Waals surface area contributed by atoms with E-state index < -0.39 is 17.3 Å². The minimum Gasteiger partial charge on any atom is -0.481 e. The highest BCUT2D eigenvalue weighted by atomic mass is 35.5. The molecule has 1 aromatic rings. The Kier molecular flexibility index (Phi) is 7.01. The van der Waals surface area contributed by atoms with E-state index in [0.29, 0.717) is 43.9 Å². The van der Waals surface area contributed by atoms with Crippen molar-refractivity contribution < 1.29 is 23.8 Å². The number of rotatable bonds is 7. The molecule has 1 aromatic carbocycles. The molecule has 1 aliphatic heterocycles. The van der Waals surface area contributed by atoms with Crippen LogP contribution in [0, 0.1) is 5.82 Å². The van der Waals surface area contributed by atoms with Gasteiger partial charge in [-0.25, -0.2) is 9.18 Å². The number of ether oxygens (including phenoxy) is 1. The first kappa shape index (κ1) is 19.5. The number of carbonyl (C=O) groups is 2. The number of carboxylic acids is 1. The molecule has 0 spiro atoms. The zero-order valence-corrected chi connectivity index (χ0v) is 14.6. The van der Waals surface area contributed by atoms with Crippen LogP contribution in [0.5, 0.6) is 0 Å². The van der Waals surface area contributed by atoms with Crippen molar-refractivity contribution in [1.82, 2.24) is 10.6 Å². The number of benzene rings is 1. The molecule has 0 saturated carbocycles. The van der Waals surface area contributed by atoms with Gasteiger partial charge in [0.15, 0.2) is 0 Å². The second kappa shape index (κ2) is 9.01. The van der Waals surface area contributed by atoms with Gasteiger partial charge in [-0.3, -0.25) is 4.79 Å². The molecule has 3 N–H and O–H groups in total. The lowest BCUT2D eigenvalue weighted by atomic mass is 9.83. The summed E-state index contributed by atoms with van der Waals surface area (Å²) in [7, 11) is 0. The van der Waals surface area contributed by atoms with Gasteiger partial charge < -0.3 is 20.5 Å². The van der Waals surface area contributed by atoms with E-state index in [4.69, 9.17) is 21.4 Å². The Bertz CT molecular complexity index is 621. The average Bonchev–Trinajstić information content (AvgIpc) is 2.55. The van der Waals surface area contributed by atoms with E-state index in [-0.39, 0.29) is 19.0 Å². The highest BCUT2D eigenvalue weighted by Gasteiger charge is 2.35. The molecule has 0 aromatic heterocycles. The van der Waals surface area contributed by atoms with Gasteiger partial charge in [0.1, 0.15) is 5.82 Å². The van der Waals surface area contributed by atoms with Crippen LogP contribution in [0.4, 0.5) is 9.18 Å². The molecule has 2 amide bonds. The summed E-state index contributed by atoms with van der Waals surface area (Å²) in [4.78, 5) is 22.7. The van der Waals surface area contributed by atoms with Crippen molar-refractivity contribution in [2.24, 2.45) is 0 Å². The summed E-state index contributed by atoms with van der Waals surface area (Å²) >= 11 is 6.12. The number of hydrogen-bond donors (Lipinski definition) is 3. The van der Waals surface area contributed by atoms with E-state index in [2.05, 4.69) is 10.6 Å². The third-order valence-electron chi connectivity index (χ3n) is 4.23. The predicted octanol–water partition coefficient (Wildman–Crippen LogP) is 2.73. The number of nitrogens with one attached hydrogen (secondary N) is 2. The molecule has 25 heavy (non-hydrogen) atoms. The van der Waals surface area contributed by atoms with Crippen LogP contribution in [0.3, 0.4) is 0 Å². The zero-order valence-electron chi connectivity index (χ0n) is 13.8. The molecule has 0 unspecified atom stereocenters. The Morgan fingerprint density at radius 1 is 1.32 bits per heavy atom. The van der Waals surface area contributed by atoms with Gasteiger partial charge >= 0.3 is 12.0 Å². The molecule has 0 atom stereocenters. The fourth-order valence-electron chi connectivity index (χ4n) is 2.86. The molecule has 1 saturated heterocycles. The number of aliphatic carboxylic acids is 1. The minimum absolute atomic E-state index is 0.00441. The molecule has 1 aliphatic rings. The minimum atomic E-state index is -0.894. The molecule has 1 heterocycles. The van der Waals surface area contributed by atoms with E-state index in [0.717, 1.165) is 5.56 Å². The van der Waals surface area contributed by atoms with Crippen molar-refractivity contribution in [1.29, 1.82) is 0 Å². The summed E-state index contributed by atoms with van der Waals surface area (Å²) in [6, 6.07) is 3.88. The first-order chi connectivity index (χ1) is 11.9. The number of hydrogen-bond acceptors (Lipinski definition) is 3. The summed E-state index contributed by atoms with van der Waals surface area (Å²) in [5.41, 5.74) is 0.229. The van der Waals surface area contributed by atoms with Crippen LogP contribution in [0.2, 0.25) is 5.02 Å². The van der Waals surface area contributed by atoms with Crippen molar-refractivity contribution in [3.05, 3.63) is 34.6 Å². The molecular weight excluding hydrogens is 351 g/mol. The Labute approximate surface area is 150 Å². The third-order valence-corrected chi connectivity index (χ3v) is 4.58. The molecular formula is C17H22ClFN2O4. The maximum atomic E-state index is 13.2. The van der Waals surface area contributed by atoms with Gasteiger partial charge in [0.05, 0.1) is 5.54 Å². The third kappa shape index (κ3) is 6.17. The molecule has 1 fully saturated rings. The SMILES string of the molecule is O=C(O)CCCNC(=O)NC1(Cc2ccc(F)cc2Cl)CCOCC1. The van der Waals surface area contributed by atoms with E-state index in [1.54, 1.807) is 6.07 Å². The lowest BCUT2D eigenvalue weighted by molar-refractivity contribution is -0.137. The number of carboxylic acid groups (broad SMARTS) is 1. The monoisotopic (exact) mass is 372 g/mol. The van der Waals surface area contributed by atoms with Gasteiger partial charge in [-0.05, 0) is 43.4 Å². The smallest absolute Gasteiger partial charge is 0.315 e. The van der Waals surface area contributed by atoms with Crippen molar-refractivity contribution in [3.8, 4) is 0 Å². The summed E-state index contributed by atoms with van der Waals surface area (Å²) in [5.74, 6) is -1.30. The Balaban J connectivity index is 1.99. The van der Waals surface area contributed by atoms with Crippen LogP contribution in [-0.2, 0) is 16.0 Å². The molecule has 0 radical (unpaired) electrons. The Hall–Kier alpha value is -1.86. The summed E-state index contributed by atoms with van der Waals surface area (Å²) in [6.07, 6.45) is 2.07. The van der Waals surface area contributed by atoms with Gasteiger partial charge in [-0.15, -0.1) is 0 Å². The van der Waals surface area contributed by atoms with Crippen LogP contribution in [-0.4, -0.2) is 42.4 Å². The standard InChI is InChI=1S/C17H22ClFN2O4/c18-14-10-13(19)4-3-12(14)11-17(5-8-25-9-6-17)21-16(24)20-7-1-2-15(22)23/h3-4,10H,1-2,5-9,11H2,(H,22,23)(H2,20,21,24). The van der Waals surface area contributed by atoms with Gasteiger partial charge in [-0.1, -0.05) is 17.7 Å². The average molecular weight is 373 g/mol. The van der Waals surface area contributed by atoms with Crippen molar-refractivity contribution in [2.75, 3.05) is 19.8 Å². The Morgan fingerprint density at radius 2 is 2.04 bits per heavy atom. The highest BCUT2D eigenvalue weighted by molar-refractivity contribution is 6.31. The number of halogens is 2. The highest BCUT2D eigenvalue weighted by Crippen LogP contribution is 2.29. The second-order valence-corrected chi connectivity index (χ2v) is 6.59. The molecule has 0 aliphatic carbocycles. The fraction of sp³-hybridized carbons (Fsp3) is 0.529. The number of urea groups is 1. The van der Waals surface area contributed by atoms with E-state index in [1.165, 1.54) is 12.1 Å². The molecule has 8 heteroatoms. The van der Waals surface area contributed by atoms with E-state index in [1.807, 2.05) is 0 Å². The fourth-order valence-corrected chi connectivity index (χ4v) is 3.10. The molecule has 2 rings (SSSR count). The van der Waals surface area contributed by atoms with Crippen LogP contribution >= 0.6 is 11.6 Å². The maximum Gasteiger partial charge on any atom is 0.315 e. The Morgan fingerprint density at radius 3 is 2.68 bits per heavy atom. The quantitative estimate of drug-likeness (QED) is 0.642. The summed E-state index contributed by atoms with van der Waals surface area (Å²) in [5, 5.41) is 14.6. The first-order valence-corrected chi connectivity index (χ1v) is 8.57. The van der Waals surface area contributed by atoms with Gasteiger partial charge in [0.2, 0.25) is 0 Å². The van der Waals surface area contributed by atoms with E-state index >= 15 is 0 Å². The van der Waals surface area contributed by atoms with Crippen LogP contribution in [0.1, 0.15) is 31.2 Å². The lowest BCUT2D eigenvalue weighted by Crippen LogP contribution is -2.56. The first-order valence-electron chi connectivity index (χ1n) is 8.20. The van der Waals surface area contributed by atoms with Gasteiger partial charge in [0.25, 0.3) is 0 Å². The number of amides is 2. The molecule has 138 valence electrons. The second-order valence-electron chi connectivity index (χ2n) is 6.18. The molecule has 6 nitrogen and oxygen atoms in total.